The van der Waals surface area contributed by atoms with Crippen LogP contribution in [0.25, 0.3) is 10.9 Å². The van der Waals surface area contributed by atoms with Crippen LogP contribution in [0.15, 0.2) is 59.7 Å². The number of rotatable bonds is 5. The monoisotopic (exact) mass is 336 g/mol. The van der Waals surface area contributed by atoms with E-state index in [1.807, 2.05) is 0 Å². The molecule has 25 heavy (non-hydrogen) atoms. The lowest BCUT2D eigenvalue weighted by Crippen LogP contribution is -2.32. The number of hydrogen-bond acceptors (Lipinski definition) is 4. The van der Waals surface area contributed by atoms with Crippen molar-refractivity contribution in [2.75, 3.05) is 0 Å². The molecule has 0 aliphatic rings. The minimum Gasteiger partial charge on any atom is -0.366 e. The predicted molar refractivity (Wildman–Crippen MR) is 92.8 cm³/mol. The van der Waals surface area contributed by atoms with E-state index in [0.717, 1.165) is 5.56 Å². The third-order valence-corrected chi connectivity index (χ3v) is 3.75. The molecule has 0 aliphatic carbocycles. The zero-order chi connectivity index (χ0) is 17.8. The Hall–Kier alpha value is -3.48. The summed E-state index contributed by atoms with van der Waals surface area (Å²) < 4.78 is 1.26. The molecule has 0 bridgehead atoms. The summed E-state index contributed by atoms with van der Waals surface area (Å²) in [6.07, 6.45) is 1.36. The van der Waals surface area contributed by atoms with E-state index in [2.05, 4.69) is 10.3 Å². The first-order valence-electron chi connectivity index (χ1n) is 7.64. The van der Waals surface area contributed by atoms with Crippen LogP contribution in [-0.2, 0) is 17.9 Å². The Bertz CT molecular complexity index is 1010. The number of benzene rings is 2. The van der Waals surface area contributed by atoms with Crippen molar-refractivity contribution in [3.8, 4) is 0 Å². The lowest BCUT2D eigenvalue weighted by Gasteiger charge is -2.08. The number of hydrogen-bond donors (Lipinski definition) is 2. The van der Waals surface area contributed by atoms with Gasteiger partial charge < -0.3 is 11.1 Å². The first kappa shape index (κ1) is 16.4. The van der Waals surface area contributed by atoms with Crippen molar-refractivity contribution in [2.24, 2.45) is 5.73 Å². The Kier molecular flexibility index (Phi) is 4.56. The van der Waals surface area contributed by atoms with Gasteiger partial charge in [0, 0.05) is 12.1 Å². The van der Waals surface area contributed by atoms with Crippen LogP contribution in [0, 0.1) is 0 Å². The highest BCUT2D eigenvalue weighted by molar-refractivity contribution is 5.92. The predicted octanol–water partition coefficient (Wildman–Crippen LogP) is 0.812. The molecule has 7 nitrogen and oxygen atoms in total. The third kappa shape index (κ3) is 3.72. The van der Waals surface area contributed by atoms with Crippen LogP contribution < -0.4 is 16.6 Å². The number of primary amides is 1. The molecule has 3 aromatic rings. The summed E-state index contributed by atoms with van der Waals surface area (Å²) in [6.45, 7) is 0.0991. The van der Waals surface area contributed by atoms with Crippen LogP contribution in [0.2, 0.25) is 0 Å². The van der Waals surface area contributed by atoms with Crippen molar-refractivity contribution in [2.45, 2.75) is 13.1 Å². The number of nitrogens with two attached hydrogens (primary N) is 1. The number of carbonyl (C=O) groups is 2. The van der Waals surface area contributed by atoms with Gasteiger partial charge in [-0.1, -0.05) is 24.3 Å². The molecule has 0 atom stereocenters. The van der Waals surface area contributed by atoms with E-state index in [0.29, 0.717) is 16.5 Å². The van der Waals surface area contributed by atoms with Gasteiger partial charge in [-0.25, -0.2) is 4.98 Å². The fourth-order valence-electron chi connectivity index (χ4n) is 2.46. The molecule has 0 unspecified atom stereocenters. The highest BCUT2D eigenvalue weighted by Crippen LogP contribution is 2.05. The SMILES string of the molecule is NC(=O)c1cccc(CNC(=O)Cn2cnc3ccccc3c2=O)c1. The van der Waals surface area contributed by atoms with Crippen LogP contribution in [0.3, 0.4) is 0 Å². The smallest absolute Gasteiger partial charge is 0.261 e. The largest absolute Gasteiger partial charge is 0.366 e. The van der Waals surface area contributed by atoms with Gasteiger partial charge in [0.1, 0.15) is 6.54 Å². The van der Waals surface area contributed by atoms with Gasteiger partial charge in [0.05, 0.1) is 17.2 Å². The Balaban J connectivity index is 1.69. The molecule has 0 fully saturated rings. The average molecular weight is 336 g/mol. The molecule has 1 heterocycles. The summed E-state index contributed by atoms with van der Waals surface area (Å²) in [7, 11) is 0. The summed E-state index contributed by atoms with van der Waals surface area (Å²) in [5.41, 5.74) is 6.68. The Morgan fingerprint density at radius 1 is 1.12 bits per heavy atom. The molecule has 126 valence electrons. The van der Waals surface area contributed by atoms with Crippen molar-refractivity contribution in [1.82, 2.24) is 14.9 Å². The number of carbonyl (C=O) groups excluding carboxylic acids is 2. The number of nitrogens with zero attached hydrogens (tertiary/aromatic N) is 2. The van der Waals surface area contributed by atoms with Crippen LogP contribution >= 0.6 is 0 Å². The third-order valence-electron chi connectivity index (χ3n) is 3.75. The van der Waals surface area contributed by atoms with Gasteiger partial charge in [-0.15, -0.1) is 0 Å². The maximum absolute atomic E-state index is 12.3. The Morgan fingerprint density at radius 2 is 1.92 bits per heavy atom. The zero-order valence-corrected chi connectivity index (χ0v) is 13.3. The molecule has 3 N–H and O–H groups in total. The second-order valence-electron chi connectivity index (χ2n) is 5.54. The van der Waals surface area contributed by atoms with Crippen molar-refractivity contribution >= 4 is 22.7 Å². The van der Waals surface area contributed by atoms with E-state index in [9.17, 15) is 14.4 Å². The van der Waals surface area contributed by atoms with Crippen LogP contribution in [0.4, 0.5) is 0 Å². The Labute approximate surface area is 143 Å². The lowest BCUT2D eigenvalue weighted by molar-refractivity contribution is -0.121. The van der Waals surface area contributed by atoms with Gasteiger partial charge in [-0.05, 0) is 29.8 Å². The number of fused-ring (bicyclic) bond motifs is 1. The van der Waals surface area contributed by atoms with E-state index in [1.54, 1.807) is 48.5 Å². The first-order valence-corrected chi connectivity index (χ1v) is 7.64. The number of amides is 2. The van der Waals surface area contributed by atoms with E-state index in [1.165, 1.54) is 10.9 Å². The van der Waals surface area contributed by atoms with Crippen LogP contribution in [0.5, 0.6) is 0 Å². The molecule has 0 saturated heterocycles. The van der Waals surface area contributed by atoms with Gasteiger partial charge >= 0.3 is 0 Å². The van der Waals surface area contributed by atoms with E-state index in [-0.39, 0.29) is 24.6 Å². The van der Waals surface area contributed by atoms with E-state index >= 15 is 0 Å². The van der Waals surface area contributed by atoms with E-state index in [4.69, 9.17) is 5.73 Å². The summed E-state index contributed by atoms with van der Waals surface area (Å²) in [5.74, 6) is -0.856. The van der Waals surface area contributed by atoms with E-state index < -0.39 is 5.91 Å². The van der Waals surface area contributed by atoms with Gasteiger partial charge in [-0.2, -0.15) is 0 Å². The fraction of sp³-hybridized carbons (Fsp3) is 0.111. The molecule has 0 aliphatic heterocycles. The second kappa shape index (κ2) is 6.96. The summed E-state index contributed by atoms with van der Waals surface area (Å²) in [6, 6.07) is 13.7. The van der Waals surface area contributed by atoms with Crippen molar-refractivity contribution in [1.29, 1.82) is 0 Å². The van der Waals surface area contributed by atoms with Crippen LogP contribution in [-0.4, -0.2) is 21.4 Å². The molecule has 0 saturated carbocycles. The molecule has 0 radical (unpaired) electrons. The summed E-state index contributed by atoms with van der Waals surface area (Å²) in [5, 5.41) is 3.18. The molecular weight excluding hydrogens is 320 g/mol. The van der Waals surface area contributed by atoms with Gasteiger partial charge in [-0.3, -0.25) is 19.0 Å². The van der Waals surface area contributed by atoms with Crippen molar-refractivity contribution in [3.63, 3.8) is 0 Å². The van der Waals surface area contributed by atoms with Crippen LogP contribution in [0.1, 0.15) is 15.9 Å². The Morgan fingerprint density at radius 3 is 2.72 bits per heavy atom. The maximum atomic E-state index is 12.3. The normalized spacial score (nSPS) is 10.6. The molecule has 2 aromatic carbocycles. The minimum absolute atomic E-state index is 0.133. The number of nitrogens with one attached hydrogen (secondary N) is 1. The molecule has 2 amide bonds. The minimum atomic E-state index is -0.526. The van der Waals surface area contributed by atoms with Gasteiger partial charge in [0.15, 0.2) is 0 Å². The topological polar surface area (TPSA) is 107 Å². The molecule has 0 spiro atoms. The lowest BCUT2D eigenvalue weighted by atomic mass is 10.1. The maximum Gasteiger partial charge on any atom is 0.261 e. The molecule has 1 aromatic heterocycles. The highest BCUT2D eigenvalue weighted by Gasteiger charge is 2.08. The van der Waals surface area contributed by atoms with Crippen molar-refractivity contribution in [3.05, 3.63) is 76.3 Å². The quantitative estimate of drug-likeness (QED) is 0.719. The number of aromatic nitrogens is 2. The first-order chi connectivity index (χ1) is 12.0. The molecule has 3 rings (SSSR count). The fourth-order valence-corrected chi connectivity index (χ4v) is 2.46. The number of para-hydroxylation sites is 1. The molecule has 7 heteroatoms. The van der Waals surface area contributed by atoms with Crippen molar-refractivity contribution < 1.29 is 9.59 Å². The standard InChI is InChI=1S/C18H16N4O3/c19-17(24)13-5-3-4-12(8-13)9-20-16(23)10-22-11-21-15-7-2-1-6-14(15)18(22)25/h1-8,11H,9-10H2,(H2,19,24)(H,20,23). The average Bonchev–Trinajstić information content (AvgIpc) is 2.63. The molecular formula is C18H16N4O3. The second-order valence-corrected chi connectivity index (χ2v) is 5.54. The van der Waals surface area contributed by atoms with Gasteiger partial charge in [0.25, 0.3) is 5.56 Å². The van der Waals surface area contributed by atoms with Gasteiger partial charge in [0.2, 0.25) is 11.8 Å². The highest BCUT2D eigenvalue weighted by atomic mass is 16.2. The summed E-state index contributed by atoms with van der Waals surface area (Å²) in [4.78, 5) is 39.8. The zero-order valence-electron chi connectivity index (χ0n) is 13.3. The summed E-state index contributed by atoms with van der Waals surface area (Å²) >= 11 is 0.